The van der Waals surface area contributed by atoms with Gasteiger partial charge in [-0.2, -0.15) is 13.2 Å². The molecule has 19 heavy (non-hydrogen) atoms. The van der Waals surface area contributed by atoms with E-state index in [1.807, 2.05) is 32.9 Å². The van der Waals surface area contributed by atoms with Crippen molar-refractivity contribution in [1.29, 1.82) is 0 Å². The van der Waals surface area contributed by atoms with Gasteiger partial charge in [0.05, 0.1) is 0 Å². The smallest absolute Gasteiger partial charge is 0.422 e. The van der Waals surface area contributed by atoms with Crippen LogP contribution in [0.3, 0.4) is 0 Å². The lowest BCUT2D eigenvalue weighted by Gasteiger charge is -2.12. The zero-order valence-corrected chi connectivity index (χ0v) is 11.2. The van der Waals surface area contributed by atoms with E-state index in [9.17, 15) is 13.2 Å². The second-order valence-electron chi connectivity index (χ2n) is 3.83. The van der Waals surface area contributed by atoms with E-state index >= 15 is 0 Å². The molecule has 104 valence electrons. The fourth-order valence-corrected chi connectivity index (χ4v) is 1.71. The molecule has 0 atom stereocenters. The molecule has 4 heteroatoms. The van der Waals surface area contributed by atoms with Gasteiger partial charge in [0.15, 0.2) is 6.61 Å². The highest BCUT2D eigenvalue weighted by molar-refractivity contribution is 5.90. The molecule has 0 saturated carbocycles. The lowest BCUT2D eigenvalue weighted by Crippen LogP contribution is -2.19. The van der Waals surface area contributed by atoms with Gasteiger partial charge in [0.25, 0.3) is 0 Å². The maximum atomic E-state index is 12.1. The van der Waals surface area contributed by atoms with E-state index in [4.69, 9.17) is 4.74 Å². The number of benzene rings is 2. The van der Waals surface area contributed by atoms with E-state index in [0.717, 1.165) is 10.9 Å². The summed E-state index contributed by atoms with van der Waals surface area (Å²) in [6.45, 7) is 4.65. The molecule has 2 rings (SSSR count). The van der Waals surface area contributed by atoms with Gasteiger partial charge >= 0.3 is 6.18 Å². The molecular formula is C15H17F3O. The first-order chi connectivity index (χ1) is 8.97. The van der Waals surface area contributed by atoms with Crippen LogP contribution in [-0.2, 0) is 0 Å². The van der Waals surface area contributed by atoms with Crippen molar-refractivity contribution in [3.63, 3.8) is 0 Å². The van der Waals surface area contributed by atoms with E-state index < -0.39 is 12.8 Å². The Bertz CT molecular complexity index is 532. The van der Waals surface area contributed by atoms with Gasteiger partial charge in [-0.05, 0) is 23.9 Å². The molecule has 0 amide bonds. The number of hydrogen-bond donors (Lipinski definition) is 0. The Morgan fingerprint density at radius 2 is 1.53 bits per heavy atom. The molecule has 0 aromatic heterocycles. The molecule has 0 fully saturated rings. The molecule has 0 heterocycles. The average molecular weight is 270 g/mol. The summed E-state index contributed by atoms with van der Waals surface area (Å²) in [6.07, 6.45) is -4.31. The van der Waals surface area contributed by atoms with Gasteiger partial charge < -0.3 is 4.74 Å². The molecule has 0 aliphatic heterocycles. The zero-order valence-electron chi connectivity index (χ0n) is 11.2. The van der Waals surface area contributed by atoms with Crippen LogP contribution in [0.2, 0.25) is 0 Å². The Morgan fingerprint density at radius 3 is 2.11 bits per heavy atom. The summed E-state index contributed by atoms with van der Waals surface area (Å²) in [5.41, 5.74) is 1.01. The molecular weight excluding hydrogens is 253 g/mol. The number of fused-ring (bicyclic) bond motifs is 1. The van der Waals surface area contributed by atoms with Crippen LogP contribution in [0, 0.1) is 6.92 Å². The molecule has 0 N–H and O–H groups in total. The van der Waals surface area contributed by atoms with E-state index in [0.29, 0.717) is 5.39 Å². The van der Waals surface area contributed by atoms with Crippen LogP contribution < -0.4 is 4.74 Å². The van der Waals surface area contributed by atoms with Crippen LogP contribution in [0.1, 0.15) is 19.4 Å². The maximum Gasteiger partial charge on any atom is 0.422 e. The Labute approximate surface area is 111 Å². The fraction of sp³-hybridized carbons (Fsp3) is 0.333. The normalized spacial score (nSPS) is 10.8. The number of alkyl halides is 3. The van der Waals surface area contributed by atoms with Gasteiger partial charge in [0.1, 0.15) is 5.75 Å². The van der Waals surface area contributed by atoms with Crippen LogP contribution in [0.5, 0.6) is 5.75 Å². The third-order valence-corrected chi connectivity index (χ3v) is 2.49. The Morgan fingerprint density at radius 1 is 0.947 bits per heavy atom. The second-order valence-corrected chi connectivity index (χ2v) is 3.83. The maximum absolute atomic E-state index is 12.1. The summed E-state index contributed by atoms with van der Waals surface area (Å²) in [5, 5.41) is 1.61. The Balaban J connectivity index is 0.000000861. The molecule has 1 nitrogen and oxygen atoms in total. The largest absolute Gasteiger partial charge is 0.483 e. The van der Waals surface area contributed by atoms with Gasteiger partial charge in [-0.1, -0.05) is 44.2 Å². The summed E-state index contributed by atoms with van der Waals surface area (Å²) < 4.78 is 41.1. The first kappa shape index (κ1) is 15.3. The Kier molecular flexibility index (Phi) is 5.21. The molecule has 0 radical (unpaired) electrons. The van der Waals surface area contributed by atoms with E-state index in [-0.39, 0.29) is 5.75 Å². The Hall–Kier alpha value is -1.71. The zero-order chi connectivity index (χ0) is 14.5. The summed E-state index contributed by atoms with van der Waals surface area (Å²) in [6, 6.07) is 10.6. The van der Waals surface area contributed by atoms with Crippen LogP contribution in [-0.4, -0.2) is 12.8 Å². The van der Waals surface area contributed by atoms with Crippen LogP contribution in [0.25, 0.3) is 10.8 Å². The highest BCUT2D eigenvalue weighted by atomic mass is 19.4. The minimum Gasteiger partial charge on any atom is -0.483 e. The topological polar surface area (TPSA) is 9.23 Å². The predicted molar refractivity (Wildman–Crippen MR) is 71.6 cm³/mol. The lowest BCUT2D eigenvalue weighted by molar-refractivity contribution is -0.153. The molecule has 0 bridgehead atoms. The minimum atomic E-state index is -4.31. The summed E-state index contributed by atoms with van der Waals surface area (Å²) in [4.78, 5) is 0. The molecule has 2 aromatic carbocycles. The summed E-state index contributed by atoms with van der Waals surface area (Å²) in [5.74, 6) is 0.267. The van der Waals surface area contributed by atoms with E-state index in [2.05, 4.69) is 0 Å². The van der Waals surface area contributed by atoms with Gasteiger partial charge in [0, 0.05) is 5.39 Å². The van der Waals surface area contributed by atoms with Crippen LogP contribution >= 0.6 is 0 Å². The van der Waals surface area contributed by atoms with Crippen molar-refractivity contribution in [3.05, 3.63) is 42.0 Å². The van der Waals surface area contributed by atoms with Gasteiger partial charge in [-0.15, -0.1) is 0 Å². The van der Waals surface area contributed by atoms with Crippen molar-refractivity contribution in [1.82, 2.24) is 0 Å². The predicted octanol–water partition coefficient (Wildman–Crippen LogP) is 5.12. The molecule has 2 aromatic rings. The molecule has 0 aliphatic carbocycles. The quantitative estimate of drug-likeness (QED) is 0.736. The third kappa shape index (κ3) is 4.16. The van der Waals surface area contributed by atoms with Gasteiger partial charge in [-0.3, -0.25) is 0 Å². The van der Waals surface area contributed by atoms with Crippen molar-refractivity contribution >= 4 is 10.8 Å². The number of halogens is 3. The minimum absolute atomic E-state index is 0.267. The molecule has 0 spiro atoms. The monoisotopic (exact) mass is 270 g/mol. The van der Waals surface area contributed by atoms with Gasteiger partial charge in [-0.25, -0.2) is 0 Å². The number of aryl methyl sites for hydroxylation is 1. The standard InChI is InChI=1S/C13H11F3O.C2H6/c1-9-6-7-12(17-8-13(14,15)16)11-5-3-2-4-10(9)11;1-2/h2-7H,8H2,1H3;1-2H3. The van der Waals surface area contributed by atoms with Crippen LogP contribution in [0.15, 0.2) is 36.4 Å². The van der Waals surface area contributed by atoms with Crippen molar-refractivity contribution in [3.8, 4) is 5.75 Å². The number of rotatable bonds is 2. The summed E-state index contributed by atoms with van der Waals surface area (Å²) >= 11 is 0. The highest BCUT2D eigenvalue weighted by Crippen LogP contribution is 2.29. The number of ether oxygens (including phenoxy) is 1. The first-order valence-corrected chi connectivity index (χ1v) is 6.15. The van der Waals surface area contributed by atoms with Crippen LogP contribution in [0.4, 0.5) is 13.2 Å². The van der Waals surface area contributed by atoms with Crippen molar-refractivity contribution in [2.24, 2.45) is 0 Å². The molecule has 0 saturated heterocycles. The molecule has 0 unspecified atom stereocenters. The third-order valence-electron chi connectivity index (χ3n) is 2.49. The van der Waals surface area contributed by atoms with Crippen molar-refractivity contribution in [2.45, 2.75) is 26.9 Å². The van der Waals surface area contributed by atoms with E-state index in [1.54, 1.807) is 24.3 Å². The van der Waals surface area contributed by atoms with Crippen molar-refractivity contribution < 1.29 is 17.9 Å². The second kappa shape index (κ2) is 6.45. The SMILES string of the molecule is CC.Cc1ccc(OCC(F)(F)F)c2ccccc12. The van der Waals surface area contributed by atoms with Gasteiger partial charge in [0.2, 0.25) is 0 Å². The highest BCUT2D eigenvalue weighted by Gasteiger charge is 2.28. The lowest BCUT2D eigenvalue weighted by atomic mass is 10.1. The average Bonchev–Trinajstić information content (AvgIpc) is 2.40. The molecule has 0 aliphatic rings. The number of hydrogen-bond acceptors (Lipinski definition) is 1. The van der Waals surface area contributed by atoms with E-state index in [1.165, 1.54) is 0 Å². The summed E-state index contributed by atoms with van der Waals surface area (Å²) in [7, 11) is 0. The first-order valence-electron chi connectivity index (χ1n) is 6.15. The fourth-order valence-electron chi connectivity index (χ4n) is 1.71. The van der Waals surface area contributed by atoms with Crippen molar-refractivity contribution in [2.75, 3.05) is 6.61 Å².